The van der Waals surface area contributed by atoms with E-state index in [1.165, 1.54) is 12.1 Å². The van der Waals surface area contributed by atoms with Gasteiger partial charge in [0, 0.05) is 26.6 Å². The molecule has 2 aromatic carbocycles. The Kier molecular flexibility index (Phi) is 7.96. The van der Waals surface area contributed by atoms with Crippen LogP contribution >= 0.6 is 24.0 Å². The van der Waals surface area contributed by atoms with Crippen LogP contribution in [-0.4, -0.2) is 26.2 Å². The first-order valence-corrected chi connectivity index (χ1v) is 8.32. The van der Waals surface area contributed by atoms with Crippen LogP contribution < -0.4 is 20.1 Å². The molecule has 0 radical (unpaired) electrons. The molecule has 0 aromatic heterocycles. The first-order valence-electron chi connectivity index (χ1n) is 8.32. The number of nitrogens with zero attached hydrogens (tertiary/aromatic N) is 1. The average Bonchev–Trinajstić information content (AvgIpc) is 2.87. The van der Waals surface area contributed by atoms with E-state index in [2.05, 4.69) is 15.6 Å². The number of benzene rings is 2. The summed E-state index contributed by atoms with van der Waals surface area (Å²) in [4.78, 5) is 4.19. The van der Waals surface area contributed by atoms with E-state index in [4.69, 9.17) is 9.47 Å². The fourth-order valence-corrected chi connectivity index (χ4v) is 2.56. The largest absolute Gasteiger partial charge is 0.490 e. The Morgan fingerprint density at radius 3 is 2.38 bits per heavy atom. The van der Waals surface area contributed by atoms with Gasteiger partial charge in [0.1, 0.15) is 5.82 Å². The Labute approximate surface area is 170 Å². The number of rotatable bonds is 4. The quantitative estimate of drug-likeness (QED) is 0.408. The summed E-state index contributed by atoms with van der Waals surface area (Å²) < 4.78 is 24.6. The number of guanidine groups is 1. The second-order valence-electron chi connectivity index (χ2n) is 5.74. The molecule has 2 aromatic rings. The maximum absolute atomic E-state index is 13.2. The molecule has 0 aliphatic carbocycles. The molecule has 0 fully saturated rings. The van der Waals surface area contributed by atoms with Gasteiger partial charge >= 0.3 is 0 Å². The van der Waals surface area contributed by atoms with Crippen molar-refractivity contribution in [2.75, 3.05) is 20.3 Å². The van der Waals surface area contributed by atoms with Crippen molar-refractivity contribution >= 4 is 29.9 Å². The Morgan fingerprint density at radius 2 is 1.69 bits per heavy atom. The molecule has 0 spiro atoms. The smallest absolute Gasteiger partial charge is 0.191 e. The maximum Gasteiger partial charge on any atom is 0.191 e. The summed E-state index contributed by atoms with van der Waals surface area (Å²) in [5, 5.41) is 6.41. The van der Waals surface area contributed by atoms with Crippen LogP contribution in [0.15, 0.2) is 47.5 Å². The first kappa shape index (κ1) is 20.3. The average molecular weight is 471 g/mol. The van der Waals surface area contributed by atoms with Crippen LogP contribution in [0, 0.1) is 5.82 Å². The molecule has 0 unspecified atom stereocenters. The fourth-order valence-electron chi connectivity index (χ4n) is 2.56. The lowest BCUT2D eigenvalue weighted by molar-refractivity contribution is 0.297. The van der Waals surface area contributed by atoms with Crippen molar-refractivity contribution in [1.29, 1.82) is 0 Å². The highest BCUT2D eigenvalue weighted by Crippen LogP contribution is 2.30. The Bertz CT molecular complexity index is 755. The number of nitrogens with one attached hydrogen (secondary N) is 2. The van der Waals surface area contributed by atoms with E-state index >= 15 is 0 Å². The van der Waals surface area contributed by atoms with Crippen molar-refractivity contribution in [1.82, 2.24) is 10.6 Å². The van der Waals surface area contributed by atoms with Crippen LogP contribution in [0.1, 0.15) is 17.5 Å². The van der Waals surface area contributed by atoms with Crippen LogP contribution in [0.4, 0.5) is 4.39 Å². The van der Waals surface area contributed by atoms with Gasteiger partial charge in [-0.2, -0.15) is 0 Å². The van der Waals surface area contributed by atoms with E-state index in [0.717, 1.165) is 29.0 Å². The van der Waals surface area contributed by atoms with E-state index in [1.807, 2.05) is 24.3 Å². The lowest BCUT2D eigenvalue weighted by Crippen LogP contribution is -2.36. The van der Waals surface area contributed by atoms with Crippen molar-refractivity contribution in [3.05, 3.63) is 59.4 Å². The van der Waals surface area contributed by atoms with Crippen molar-refractivity contribution in [3.63, 3.8) is 0 Å². The molecule has 5 nitrogen and oxygen atoms in total. The summed E-state index contributed by atoms with van der Waals surface area (Å²) in [6.45, 7) is 2.44. The number of fused-ring (bicyclic) bond motifs is 1. The van der Waals surface area contributed by atoms with Crippen molar-refractivity contribution < 1.29 is 13.9 Å². The SMILES string of the molecule is CN=C(NCc1cccc(F)c1)NCc1ccc2c(c1)OCCCO2.I. The molecular formula is C19H23FIN3O2. The Hall–Kier alpha value is -2.03. The van der Waals surface area contributed by atoms with Gasteiger partial charge in [0.15, 0.2) is 17.5 Å². The van der Waals surface area contributed by atoms with E-state index in [0.29, 0.717) is 32.3 Å². The maximum atomic E-state index is 13.2. The van der Waals surface area contributed by atoms with E-state index in [9.17, 15) is 4.39 Å². The highest BCUT2D eigenvalue weighted by atomic mass is 127. The third-order valence-electron chi connectivity index (χ3n) is 3.84. The highest BCUT2D eigenvalue weighted by Gasteiger charge is 2.10. The van der Waals surface area contributed by atoms with Crippen molar-refractivity contribution in [2.24, 2.45) is 4.99 Å². The van der Waals surface area contributed by atoms with Crippen LogP contribution in [0.5, 0.6) is 11.5 Å². The predicted molar refractivity (Wildman–Crippen MR) is 111 cm³/mol. The molecule has 0 saturated heterocycles. The van der Waals surface area contributed by atoms with E-state index < -0.39 is 0 Å². The van der Waals surface area contributed by atoms with Crippen molar-refractivity contribution in [2.45, 2.75) is 19.5 Å². The second-order valence-corrected chi connectivity index (χ2v) is 5.74. The number of hydrogen-bond donors (Lipinski definition) is 2. The molecule has 3 rings (SSSR count). The van der Waals surface area contributed by atoms with Gasteiger partial charge in [0.25, 0.3) is 0 Å². The molecule has 0 saturated carbocycles. The van der Waals surface area contributed by atoms with Gasteiger partial charge in [-0.15, -0.1) is 24.0 Å². The summed E-state index contributed by atoms with van der Waals surface area (Å²) in [5.74, 6) is 1.97. The minimum atomic E-state index is -0.241. The van der Waals surface area contributed by atoms with Crippen LogP contribution in [0.25, 0.3) is 0 Å². The molecule has 140 valence electrons. The van der Waals surface area contributed by atoms with Crippen LogP contribution in [-0.2, 0) is 13.1 Å². The summed E-state index contributed by atoms with van der Waals surface area (Å²) in [6, 6.07) is 12.4. The molecule has 0 atom stereocenters. The zero-order valence-corrected chi connectivity index (χ0v) is 17.0. The molecule has 0 amide bonds. The lowest BCUT2D eigenvalue weighted by Gasteiger charge is -2.13. The first-order chi connectivity index (χ1) is 12.2. The van der Waals surface area contributed by atoms with Gasteiger partial charge in [-0.1, -0.05) is 18.2 Å². The van der Waals surface area contributed by atoms with Gasteiger partial charge in [0.2, 0.25) is 0 Å². The summed E-state index contributed by atoms with van der Waals surface area (Å²) in [7, 11) is 1.70. The predicted octanol–water partition coefficient (Wildman–Crippen LogP) is 3.47. The molecule has 0 bridgehead atoms. The standard InChI is InChI=1S/C19H22FN3O2.HI/c1-21-19(22-12-14-4-2-5-16(20)10-14)23-13-15-6-7-17-18(11-15)25-9-3-8-24-17;/h2,4-7,10-11H,3,8-9,12-13H2,1H3,(H2,21,22,23);1H. The minimum absolute atomic E-state index is 0. The van der Waals surface area contributed by atoms with Crippen LogP contribution in [0.3, 0.4) is 0 Å². The zero-order chi connectivity index (χ0) is 17.5. The van der Waals surface area contributed by atoms with E-state index in [-0.39, 0.29) is 29.8 Å². The van der Waals surface area contributed by atoms with Crippen molar-refractivity contribution in [3.8, 4) is 11.5 Å². The Balaban J connectivity index is 0.00000243. The highest BCUT2D eigenvalue weighted by molar-refractivity contribution is 14.0. The molecular weight excluding hydrogens is 448 g/mol. The number of halogens is 2. The number of ether oxygens (including phenoxy) is 2. The molecule has 1 heterocycles. The van der Waals surface area contributed by atoms with Crippen LogP contribution in [0.2, 0.25) is 0 Å². The lowest BCUT2D eigenvalue weighted by atomic mass is 10.2. The molecule has 7 heteroatoms. The fraction of sp³-hybridized carbons (Fsp3) is 0.316. The topological polar surface area (TPSA) is 54.9 Å². The molecule has 2 N–H and O–H groups in total. The normalized spacial score (nSPS) is 13.4. The number of hydrogen-bond acceptors (Lipinski definition) is 3. The number of aliphatic imine (C=N–C) groups is 1. The van der Waals surface area contributed by atoms with Gasteiger partial charge in [-0.3, -0.25) is 4.99 Å². The van der Waals surface area contributed by atoms with Gasteiger partial charge < -0.3 is 20.1 Å². The molecule has 1 aliphatic heterocycles. The summed E-state index contributed by atoms with van der Waals surface area (Å²) in [6.07, 6.45) is 0.888. The Morgan fingerprint density at radius 1 is 1.00 bits per heavy atom. The third kappa shape index (κ3) is 5.76. The summed E-state index contributed by atoms with van der Waals surface area (Å²) in [5.41, 5.74) is 1.93. The monoisotopic (exact) mass is 471 g/mol. The minimum Gasteiger partial charge on any atom is -0.490 e. The summed E-state index contributed by atoms with van der Waals surface area (Å²) >= 11 is 0. The second kappa shape index (κ2) is 10.2. The zero-order valence-electron chi connectivity index (χ0n) is 14.6. The third-order valence-corrected chi connectivity index (χ3v) is 3.84. The van der Waals surface area contributed by atoms with Gasteiger partial charge in [-0.05, 0) is 35.4 Å². The van der Waals surface area contributed by atoms with E-state index in [1.54, 1.807) is 13.1 Å². The van der Waals surface area contributed by atoms with Gasteiger partial charge in [-0.25, -0.2) is 4.39 Å². The molecule has 26 heavy (non-hydrogen) atoms. The molecule has 1 aliphatic rings. The van der Waals surface area contributed by atoms with Gasteiger partial charge in [0.05, 0.1) is 13.2 Å².